The molecule has 5 nitrogen and oxygen atoms in total. The van der Waals surface area contributed by atoms with E-state index in [0.29, 0.717) is 5.56 Å². The van der Waals surface area contributed by atoms with Gasteiger partial charge in [-0.1, -0.05) is 26.8 Å². The topological polar surface area (TPSA) is 81.1 Å². The van der Waals surface area contributed by atoms with Crippen LogP contribution in [0.15, 0.2) is 18.2 Å². The van der Waals surface area contributed by atoms with E-state index in [1.807, 2.05) is 17.7 Å². The number of nitrogens with zero attached hydrogens (tertiary/aromatic N) is 2. The smallest absolute Gasteiger partial charge is 0.325 e. The summed E-state index contributed by atoms with van der Waals surface area (Å²) in [6.45, 7) is 6.29. The zero-order valence-electron chi connectivity index (χ0n) is 11.6. The molecule has 1 aromatic carbocycles. The highest BCUT2D eigenvalue weighted by Gasteiger charge is 2.22. The van der Waals surface area contributed by atoms with Gasteiger partial charge in [0, 0.05) is 12.5 Å². The Morgan fingerprint density at radius 3 is 2.58 bits per heavy atom. The van der Waals surface area contributed by atoms with Crippen LogP contribution in [0.2, 0.25) is 0 Å². The van der Waals surface area contributed by atoms with Gasteiger partial charge in [-0.05, 0) is 17.7 Å². The first-order chi connectivity index (χ1) is 8.71. The Labute approximate surface area is 112 Å². The third kappa shape index (κ3) is 2.33. The van der Waals surface area contributed by atoms with Gasteiger partial charge < -0.3 is 15.4 Å². The van der Waals surface area contributed by atoms with Crippen molar-refractivity contribution in [1.82, 2.24) is 9.55 Å². The number of carboxylic acids is 1. The summed E-state index contributed by atoms with van der Waals surface area (Å²) in [6, 6.07) is 4.36. The number of aryl methyl sites for hydroxylation is 1. The number of carbonyl (C=O) groups is 1. The van der Waals surface area contributed by atoms with Crippen LogP contribution in [-0.2, 0) is 17.3 Å². The molecule has 19 heavy (non-hydrogen) atoms. The van der Waals surface area contributed by atoms with Gasteiger partial charge in [0.2, 0.25) is 0 Å². The standard InChI is InChI=1S/C14H19N3O2/c1-14(2,3)13-16-9-7-8(11(15)12(18)19)5-6-10(9)17(13)4/h5-7,11H,15H2,1-4H3,(H,18,19). The fraction of sp³-hybridized carbons (Fsp3) is 0.429. The molecule has 1 unspecified atom stereocenters. The number of carboxylic acid groups (broad SMARTS) is 1. The van der Waals surface area contributed by atoms with Gasteiger partial charge in [-0.25, -0.2) is 4.98 Å². The van der Waals surface area contributed by atoms with Crippen LogP contribution in [-0.4, -0.2) is 20.6 Å². The number of benzene rings is 1. The lowest BCUT2D eigenvalue weighted by atomic mass is 9.96. The molecule has 2 aromatic rings. The molecular formula is C14H19N3O2. The van der Waals surface area contributed by atoms with Gasteiger partial charge in [-0.2, -0.15) is 0 Å². The zero-order chi connectivity index (χ0) is 14.4. The predicted octanol–water partition coefficient (Wildman–Crippen LogP) is 1.96. The van der Waals surface area contributed by atoms with E-state index in [9.17, 15) is 4.79 Å². The SMILES string of the molecule is Cn1c(C(C)(C)C)nc2cc(C(N)C(=O)O)ccc21. The van der Waals surface area contributed by atoms with Crippen molar-refractivity contribution in [2.75, 3.05) is 0 Å². The molecule has 1 atom stereocenters. The van der Waals surface area contributed by atoms with E-state index >= 15 is 0 Å². The van der Waals surface area contributed by atoms with Gasteiger partial charge in [0.15, 0.2) is 0 Å². The molecule has 0 radical (unpaired) electrons. The molecule has 5 heteroatoms. The minimum Gasteiger partial charge on any atom is -0.480 e. The van der Waals surface area contributed by atoms with E-state index in [2.05, 4.69) is 25.8 Å². The molecule has 0 saturated carbocycles. The number of aliphatic carboxylic acids is 1. The minimum absolute atomic E-state index is 0.0666. The molecule has 0 bridgehead atoms. The van der Waals surface area contributed by atoms with E-state index in [-0.39, 0.29) is 5.41 Å². The highest BCUT2D eigenvalue weighted by Crippen LogP contribution is 2.26. The monoisotopic (exact) mass is 261 g/mol. The zero-order valence-corrected chi connectivity index (χ0v) is 11.6. The second kappa shape index (κ2) is 4.35. The van der Waals surface area contributed by atoms with E-state index < -0.39 is 12.0 Å². The largest absolute Gasteiger partial charge is 0.480 e. The van der Waals surface area contributed by atoms with E-state index in [1.165, 1.54) is 0 Å². The summed E-state index contributed by atoms with van der Waals surface area (Å²) < 4.78 is 2.03. The van der Waals surface area contributed by atoms with Crippen molar-refractivity contribution in [3.63, 3.8) is 0 Å². The molecule has 0 spiro atoms. The Morgan fingerprint density at radius 2 is 2.05 bits per heavy atom. The van der Waals surface area contributed by atoms with Gasteiger partial charge in [0.05, 0.1) is 11.0 Å². The summed E-state index contributed by atoms with van der Waals surface area (Å²) in [5, 5.41) is 8.95. The molecule has 0 fully saturated rings. The van der Waals surface area contributed by atoms with Crippen LogP contribution in [0.5, 0.6) is 0 Å². The third-order valence-corrected chi connectivity index (χ3v) is 3.20. The Hall–Kier alpha value is -1.88. The molecule has 0 aliphatic heterocycles. The molecule has 1 heterocycles. The fourth-order valence-corrected chi connectivity index (χ4v) is 2.22. The van der Waals surface area contributed by atoms with Crippen molar-refractivity contribution in [2.24, 2.45) is 12.8 Å². The number of fused-ring (bicyclic) bond motifs is 1. The predicted molar refractivity (Wildman–Crippen MR) is 74.0 cm³/mol. The van der Waals surface area contributed by atoms with Gasteiger partial charge in [0.25, 0.3) is 0 Å². The summed E-state index contributed by atoms with van der Waals surface area (Å²) >= 11 is 0. The molecule has 0 aliphatic carbocycles. The average Bonchev–Trinajstić information content (AvgIpc) is 2.65. The van der Waals surface area contributed by atoms with Gasteiger partial charge >= 0.3 is 5.97 Å². The van der Waals surface area contributed by atoms with E-state index in [1.54, 1.807) is 12.1 Å². The molecular weight excluding hydrogens is 242 g/mol. The van der Waals surface area contributed by atoms with E-state index in [4.69, 9.17) is 10.8 Å². The molecule has 2 rings (SSSR count). The normalized spacial score (nSPS) is 13.7. The number of imidazole rings is 1. The van der Waals surface area contributed by atoms with E-state index in [0.717, 1.165) is 16.9 Å². The third-order valence-electron chi connectivity index (χ3n) is 3.20. The maximum atomic E-state index is 10.9. The van der Waals surface area contributed by atoms with Crippen LogP contribution in [0.3, 0.4) is 0 Å². The number of rotatable bonds is 2. The Morgan fingerprint density at radius 1 is 1.42 bits per heavy atom. The lowest BCUT2D eigenvalue weighted by Crippen LogP contribution is -2.20. The molecule has 3 N–H and O–H groups in total. The minimum atomic E-state index is -1.04. The highest BCUT2D eigenvalue weighted by molar-refractivity contribution is 5.81. The van der Waals surface area contributed by atoms with Crippen molar-refractivity contribution >= 4 is 17.0 Å². The van der Waals surface area contributed by atoms with Gasteiger partial charge in [-0.3, -0.25) is 4.79 Å². The lowest BCUT2D eigenvalue weighted by molar-refractivity contribution is -0.138. The number of hydrogen-bond donors (Lipinski definition) is 2. The summed E-state index contributed by atoms with van der Waals surface area (Å²) in [4.78, 5) is 15.5. The van der Waals surface area contributed by atoms with Crippen molar-refractivity contribution in [3.05, 3.63) is 29.6 Å². The maximum Gasteiger partial charge on any atom is 0.325 e. The Kier molecular flexibility index (Phi) is 3.10. The Bertz CT molecular complexity index is 638. The first-order valence-corrected chi connectivity index (χ1v) is 6.17. The maximum absolute atomic E-state index is 10.9. The first kappa shape index (κ1) is 13.5. The molecule has 0 saturated heterocycles. The Balaban J connectivity index is 2.59. The second-order valence-electron chi connectivity index (χ2n) is 5.81. The highest BCUT2D eigenvalue weighted by atomic mass is 16.4. The first-order valence-electron chi connectivity index (χ1n) is 6.17. The second-order valence-corrected chi connectivity index (χ2v) is 5.81. The van der Waals surface area contributed by atoms with Crippen LogP contribution in [0.4, 0.5) is 0 Å². The number of hydrogen-bond acceptors (Lipinski definition) is 3. The molecule has 102 valence electrons. The van der Waals surface area contributed by atoms with Gasteiger partial charge in [0.1, 0.15) is 11.9 Å². The fourth-order valence-electron chi connectivity index (χ4n) is 2.22. The summed E-state index contributed by atoms with van der Waals surface area (Å²) in [5.41, 5.74) is 7.88. The molecule has 1 aromatic heterocycles. The molecule has 0 amide bonds. The van der Waals surface area contributed by atoms with Crippen molar-refractivity contribution < 1.29 is 9.90 Å². The lowest BCUT2D eigenvalue weighted by Gasteiger charge is -2.17. The summed E-state index contributed by atoms with van der Waals surface area (Å²) in [7, 11) is 1.96. The van der Waals surface area contributed by atoms with Crippen molar-refractivity contribution in [3.8, 4) is 0 Å². The molecule has 0 aliphatic rings. The van der Waals surface area contributed by atoms with Crippen molar-refractivity contribution in [2.45, 2.75) is 32.2 Å². The summed E-state index contributed by atoms with van der Waals surface area (Å²) in [6.07, 6.45) is 0. The van der Waals surface area contributed by atoms with Crippen LogP contribution >= 0.6 is 0 Å². The average molecular weight is 261 g/mol. The van der Waals surface area contributed by atoms with Gasteiger partial charge in [-0.15, -0.1) is 0 Å². The summed E-state index contributed by atoms with van der Waals surface area (Å²) in [5.74, 6) is -0.0742. The van der Waals surface area contributed by atoms with Crippen LogP contribution in [0.25, 0.3) is 11.0 Å². The number of nitrogens with two attached hydrogens (primary N) is 1. The van der Waals surface area contributed by atoms with Crippen LogP contribution in [0, 0.1) is 0 Å². The quantitative estimate of drug-likeness (QED) is 0.865. The number of aromatic nitrogens is 2. The van der Waals surface area contributed by atoms with Crippen LogP contribution < -0.4 is 5.73 Å². The van der Waals surface area contributed by atoms with Crippen LogP contribution in [0.1, 0.15) is 38.2 Å². The van der Waals surface area contributed by atoms with Crippen molar-refractivity contribution in [1.29, 1.82) is 0 Å².